The lowest BCUT2D eigenvalue weighted by molar-refractivity contribution is 0.0746. The molecular weight excluding hydrogens is 482 g/mol. The van der Waals surface area contributed by atoms with E-state index in [1.807, 2.05) is 13.0 Å². The van der Waals surface area contributed by atoms with Gasteiger partial charge in [-0.05, 0) is 61.9 Å². The highest BCUT2D eigenvalue weighted by Gasteiger charge is 2.31. The molecule has 1 aromatic carbocycles. The van der Waals surface area contributed by atoms with Crippen LogP contribution in [0.5, 0.6) is 0 Å². The topological polar surface area (TPSA) is 83.6 Å². The van der Waals surface area contributed by atoms with E-state index in [4.69, 9.17) is 0 Å². The number of hydrogen-bond donors (Lipinski definition) is 1. The zero-order valence-corrected chi connectivity index (χ0v) is 20.1. The van der Waals surface area contributed by atoms with Gasteiger partial charge in [0.1, 0.15) is 28.5 Å². The van der Waals surface area contributed by atoms with Crippen LogP contribution in [-0.2, 0) is 11.0 Å². The highest BCUT2D eigenvalue weighted by molar-refractivity contribution is 7.83. The SMILES string of the molecule is Cc1cnc2c(c1)c(C#N)c(-c1ccc(S(=O)NC(C)C(F)(F)P)cn1)n2-c1ccc(F)cc1. The zero-order chi connectivity index (χ0) is 24.6. The van der Waals surface area contributed by atoms with Gasteiger partial charge in [0.2, 0.25) is 0 Å². The van der Waals surface area contributed by atoms with Gasteiger partial charge in [-0.25, -0.2) is 27.1 Å². The molecule has 3 unspecified atom stereocenters. The molecular formula is C23H19F3N5OPS. The lowest BCUT2D eigenvalue weighted by atomic mass is 10.1. The fraction of sp³-hybridized carbons (Fsp3) is 0.174. The molecule has 0 saturated carbocycles. The molecule has 0 aliphatic carbocycles. The van der Waals surface area contributed by atoms with Crippen LogP contribution in [0.1, 0.15) is 18.1 Å². The van der Waals surface area contributed by atoms with Gasteiger partial charge >= 0.3 is 0 Å². The summed E-state index contributed by atoms with van der Waals surface area (Å²) >= 11 is 0. The Morgan fingerprint density at radius 1 is 1.18 bits per heavy atom. The zero-order valence-electron chi connectivity index (χ0n) is 18.1. The Morgan fingerprint density at radius 3 is 2.47 bits per heavy atom. The minimum Gasteiger partial charge on any atom is -0.291 e. The van der Waals surface area contributed by atoms with Gasteiger partial charge in [0.25, 0.3) is 5.66 Å². The van der Waals surface area contributed by atoms with E-state index in [1.54, 1.807) is 29.0 Å². The Labute approximate surface area is 198 Å². The van der Waals surface area contributed by atoms with Crippen molar-refractivity contribution in [2.75, 3.05) is 0 Å². The van der Waals surface area contributed by atoms with Gasteiger partial charge in [-0.1, -0.05) is 9.24 Å². The maximum atomic E-state index is 13.6. The number of nitriles is 1. The molecule has 3 aromatic heterocycles. The van der Waals surface area contributed by atoms with E-state index in [0.717, 1.165) is 5.56 Å². The highest BCUT2D eigenvalue weighted by atomic mass is 32.2. The molecule has 0 amide bonds. The second-order valence-corrected chi connectivity index (χ2v) is 9.71. The third-order valence-electron chi connectivity index (χ3n) is 5.20. The lowest BCUT2D eigenvalue weighted by Gasteiger charge is -2.19. The van der Waals surface area contributed by atoms with E-state index in [1.165, 1.54) is 40.6 Å². The van der Waals surface area contributed by atoms with Gasteiger partial charge in [-0.15, -0.1) is 0 Å². The number of nitrogens with zero attached hydrogens (tertiary/aromatic N) is 4. The van der Waals surface area contributed by atoms with Crippen molar-refractivity contribution in [3.05, 3.63) is 71.8 Å². The Kier molecular flexibility index (Phi) is 6.54. The quantitative estimate of drug-likeness (QED) is 0.382. The van der Waals surface area contributed by atoms with Gasteiger partial charge in [-0.3, -0.25) is 9.55 Å². The number of pyridine rings is 2. The summed E-state index contributed by atoms with van der Waals surface area (Å²) in [4.78, 5) is 9.06. The monoisotopic (exact) mass is 501 g/mol. The molecule has 34 heavy (non-hydrogen) atoms. The number of hydrogen-bond acceptors (Lipinski definition) is 4. The molecule has 0 fully saturated rings. The minimum absolute atomic E-state index is 0.196. The highest BCUT2D eigenvalue weighted by Crippen LogP contribution is 2.35. The predicted molar refractivity (Wildman–Crippen MR) is 127 cm³/mol. The average Bonchev–Trinajstić information content (AvgIpc) is 3.12. The molecule has 0 aliphatic rings. The first-order valence-corrected chi connectivity index (χ1v) is 11.8. The molecule has 11 heteroatoms. The number of rotatable bonds is 6. The standard InChI is InChI=1S/C23H19F3N5OPS/c1-13-9-18-19(10-27)21(31(22(18)29-11-13)16-5-3-15(24)4-6-16)20-8-7-17(12-28-20)34(32)30-14(2)23(25,26)33/h3-9,11-12,14,30H,33H2,1-2H3. The molecule has 0 bridgehead atoms. The van der Waals surface area contributed by atoms with Crippen molar-refractivity contribution in [3.63, 3.8) is 0 Å². The number of fused-ring (bicyclic) bond motifs is 1. The van der Waals surface area contributed by atoms with Gasteiger partial charge in [0, 0.05) is 23.5 Å². The van der Waals surface area contributed by atoms with E-state index in [-0.39, 0.29) is 4.90 Å². The Hall–Kier alpha value is -3.12. The van der Waals surface area contributed by atoms with Crippen molar-refractivity contribution in [2.45, 2.75) is 30.4 Å². The van der Waals surface area contributed by atoms with Crippen molar-refractivity contribution >= 4 is 31.3 Å². The molecule has 174 valence electrons. The van der Waals surface area contributed by atoms with Crippen LogP contribution in [0.2, 0.25) is 0 Å². The summed E-state index contributed by atoms with van der Waals surface area (Å²) in [6.45, 7) is 3.08. The van der Waals surface area contributed by atoms with Gasteiger partial charge < -0.3 is 0 Å². The second-order valence-electron chi connectivity index (χ2n) is 7.69. The fourth-order valence-electron chi connectivity index (χ4n) is 3.40. The summed E-state index contributed by atoms with van der Waals surface area (Å²) in [6, 6.07) is 11.5. The number of aryl methyl sites for hydroxylation is 1. The van der Waals surface area contributed by atoms with Crippen molar-refractivity contribution < 1.29 is 17.4 Å². The summed E-state index contributed by atoms with van der Waals surface area (Å²) in [5.74, 6) is -0.409. The van der Waals surface area contributed by atoms with E-state index >= 15 is 0 Å². The normalized spacial score (nSPS) is 13.6. The van der Waals surface area contributed by atoms with Crippen molar-refractivity contribution in [3.8, 4) is 23.1 Å². The van der Waals surface area contributed by atoms with E-state index in [2.05, 4.69) is 20.8 Å². The summed E-state index contributed by atoms with van der Waals surface area (Å²) in [5, 5.41) is 10.6. The molecule has 1 N–H and O–H groups in total. The Morgan fingerprint density at radius 2 is 1.88 bits per heavy atom. The molecule has 0 saturated heterocycles. The van der Waals surface area contributed by atoms with E-state index < -0.39 is 28.5 Å². The van der Waals surface area contributed by atoms with E-state index in [0.29, 0.717) is 33.7 Å². The number of benzene rings is 1. The largest absolute Gasteiger partial charge is 0.291 e. The number of halogens is 3. The van der Waals surface area contributed by atoms with Crippen LogP contribution in [0, 0.1) is 24.1 Å². The van der Waals surface area contributed by atoms with Crippen LogP contribution >= 0.6 is 9.24 Å². The minimum atomic E-state index is -3.13. The Balaban J connectivity index is 1.84. The second kappa shape index (κ2) is 9.26. The maximum Gasteiger partial charge on any atom is 0.274 e. The first-order chi connectivity index (χ1) is 16.1. The molecule has 0 aliphatic heterocycles. The molecule has 4 aromatic rings. The average molecular weight is 501 g/mol. The van der Waals surface area contributed by atoms with Crippen molar-refractivity contribution in [1.82, 2.24) is 19.3 Å². The fourth-order valence-corrected chi connectivity index (χ4v) is 4.56. The van der Waals surface area contributed by atoms with Crippen LogP contribution in [0.3, 0.4) is 0 Å². The maximum absolute atomic E-state index is 13.6. The summed E-state index contributed by atoms with van der Waals surface area (Å²) in [7, 11) is -0.510. The molecule has 3 heterocycles. The number of alkyl halides is 2. The predicted octanol–water partition coefficient (Wildman–Crippen LogP) is 4.88. The van der Waals surface area contributed by atoms with Crippen LogP contribution in [0.25, 0.3) is 28.1 Å². The van der Waals surface area contributed by atoms with E-state index in [9.17, 15) is 22.6 Å². The lowest BCUT2D eigenvalue weighted by Crippen LogP contribution is -2.39. The van der Waals surface area contributed by atoms with Crippen LogP contribution in [0.4, 0.5) is 13.2 Å². The van der Waals surface area contributed by atoms with Crippen LogP contribution in [0.15, 0.2) is 59.8 Å². The van der Waals surface area contributed by atoms with Crippen molar-refractivity contribution in [1.29, 1.82) is 5.26 Å². The van der Waals surface area contributed by atoms with Gasteiger partial charge in [0.05, 0.1) is 27.9 Å². The molecule has 0 radical (unpaired) electrons. The van der Waals surface area contributed by atoms with Gasteiger partial charge in [0.15, 0.2) is 0 Å². The molecule has 4 rings (SSSR count). The number of nitrogens with one attached hydrogen (secondary N) is 1. The summed E-state index contributed by atoms with van der Waals surface area (Å²) < 4.78 is 56.9. The molecule has 0 spiro atoms. The van der Waals surface area contributed by atoms with Crippen LogP contribution < -0.4 is 4.72 Å². The summed E-state index contributed by atoms with van der Waals surface area (Å²) in [5.41, 5.74) is -0.0726. The first kappa shape index (κ1) is 24.0. The van der Waals surface area contributed by atoms with Crippen molar-refractivity contribution in [2.24, 2.45) is 0 Å². The molecule has 6 nitrogen and oxygen atoms in total. The smallest absolute Gasteiger partial charge is 0.274 e. The number of aromatic nitrogens is 3. The first-order valence-electron chi connectivity index (χ1n) is 10.1. The summed E-state index contributed by atoms with van der Waals surface area (Å²) in [6.07, 6.45) is 2.97. The third kappa shape index (κ3) is 4.60. The van der Waals surface area contributed by atoms with Gasteiger partial charge in [-0.2, -0.15) is 5.26 Å². The Bertz CT molecular complexity index is 1430. The molecule has 3 atom stereocenters. The third-order valence-corrected chi connectivity index (χ3v) is 6.93. The van der Waals surface area contributed by atoms with Crippen LogP contribution in [-0.4, -0.2) is 30.4 Å².